The van der Waals surface area contributed by atoms with E-state index in [0.717, 1.165) is 22.2 Å². The summed E-state index contributed by atoms with van der Waals surface area (Å²) >= 11 is 0. The van der Waals surface area contributed by atoms with Crippen molar-refractivity contribution in [2.45, 2.75) is 12.6 Å². The predicted octanol–water partition coefficient (Wildman–Crippen LogP) is 4.20. The number of rotatable bonds is 7. The average molecular weight is 489 g/mol. The Hall–Kier alpha value is -4.37. The van der Waals surface area contributed by atoms with Gasteiger partial charge in [0, 0.05) is 29.6 Å². The van der Waals surface area contributed by atoms with Gasteiger partial charge in [0.15, 0.2) is 0 Å². The topological polar surface area (TPSA) is 110 Å². The van der Waals surface area contributed by atoms with E-state index in [1.54, 1.807) is 37.4 Å². The zero-order chi connectivity index (χ0) is 25.2. The molecule has 4 aromatic rings. The maximum absolute atomic E-state index is 14.9. The number of hydrogen-bond donors (Lipinski definition) is 3. The van der Waals surface area contributed by atoms with Crippen LogP contribution in [0.15, 0.2) is 66.7 Å². The number of amides is 2. The van der Waals surface area contributed by atoms with Crippen LogP contribution in [-0.2, 0) is 11.3 Å². The van der Waals surface area contributed by atoms with E-state index < -0.39 is 18.0 Å². The molecule has 1 fully saturated rings. The zero-order valence-electron chi connectivity index (χ0n) is 19.6. The van der Waals surface area contributed by atoms with Gasteiger partial charge in [0.25, 0.3) is 5.91 Å². The molecule has 0 spiro atoms. The molecule has 0 saturated carbocycles. The highest BCUT2D eigenvalue weighted by molar-refractivity contribution is 5.98. The van der Waals surface area contributed by atoms with Gasteiger partial charge < -0.3 is 25.5 Å². The average Bonchev–Trinajstić information content (AvgIpc) is 3.50. The number of nitrogens with zero attached hydrogens (tertiary/aromatic N) is 1. The van der Waals surface area contributed by atoms with Crippen molar-refractivity contribution in [3.63, 3.8) is 0 Å². The second kappa shape index (κ2) is 9.71. The standard InChI is InChI=1S/C27H25FN4O4/c1-35-20-7-9-24-18(10-20)11-25(31-24)26(33)30-14-16-2-4-17(5-3-16)22-8-6-19(12-23(22)28)32-15-21(13-29)36-27(32)34/h2-12,21,31H,13-15,29H2,1H3,(H,30,33)/t21-/m0/s1. The molecule has 36 heavy (non-hydrogen) atoms. The Bertz CT molecular complexity index is 1430. The molecule has 2 heterocycles. The molecule has 3 aromatic carbocycles. The van der Waals surface area contributed by atoms with Crippen LogP contribution < -0.4 is 20.7 Å². The number of aromatic nitrogens is 1. The van der Waals surface area contributed by atoms with Gasteiger partial charge in [-0.25, -0.2) is 9.18 Å². The monoisotopic (exact) mass is 488 g/mol. The molecule has 1 aliphatic rings. The second-order valence-corrected chi connectivity index (χ2v) is 8.53. The third kappa shape index (κ3) is 4.60. The lowest BCUT2D eigenvalue weighted by molar-refractivity contribution is 0.0946. The Balaban J connectivity index is 1.24. The molecular formula is C27H25FN4O4. The van der Waals surface area contributed by atoms with Gasteiger partial charge >= 0.3 is 6.09 Å². The minimum atomic E-state index is -0.531. The third-order valence-corrected chi connectivity index (χ3v) is 6.19. The van der Waals surface area contributed by atoms with Crippen LogP contribution in [0.5, 0.6) is 5.75 Å². The van der Waals surface area contributed by atoms with E-state index in [2.05, 4.69) is 10.3 Å². The molecule has 4 N–H and O–H groups in total. The highest BCUT2D eigenvalue weighted by atomic mass is 19.1. The number of benzene rings is 3. The van der Waals surface area contributed by atoms with Crippen molar-refractivity contribution in [2.75, 3.05) is 25.1 Å². The third-order valence-electron chi connectivity index (χ3n) is 6.19. The lowest BCUT2D eigenvalue weighted by atomic mass is 10.0. The number of carbonyl (C=O) groups is 2. The molecule has 1 aromatic heterocycles. The Labute approximate surface area is 206 Å². The first-order valence-electron chi connectivity index (χ1n) is 11.5. The molecule has 0 bridgehead atoms. The van der Waals surface area contributed by atoms with Crippen LogP contribution >= 0.6 is 0 Å². The number of nitrogens with one attached hydrogen (secondary N) is 2. The maximum Gasteiger partial charge on any atom is 0.414 e. The Kier molecular flexibility index (Phi) is 6.30. The first-order chi connectivity index (χ1) is 17.4. The van der Waals surface area contributed by atoms with Crippen molar-refractivity contribution in [2.24, 2.45) is 5.73 Å². The zero-order valence-corrected chi connectivity index (χ0v) is 19.6. The van der Waals surface area contributed by atoms with Crippen LogP contribution in [-0.4, -0.2) is 43.3 Å². The summed E-state index contributed by atoms with van der Waals surface area (Å²) in [6.07, 6.45) is -0.927. The van der Waals surface area contributed by atoms with Crippen molar-refractivity contribution in [3.05, 3.63) is 83.8 Å². The van der Waals surface area contributed by atoms with Gasteiger partial charge in [-0.2, -0.15) is 0 Å². The number of aromatic amines is 1. The number of fused-ring (bicyclic) bond motifs is 1. The lowest BCUT2D eigenvalue weighted by Crippen LogP contribution is -2.27. The van der Waals surface area contributed by atoms with Crippen LogP contribution in [0, 0.1) is 5.82 Å². The molecule has 1 saturated heterocycles. The van der Waals surface area contributed by atoms with Crippen molar-refractivity contribution in [3.8, 4) is 16.9 Å². The van der Waals surface area contributed by atoms with Crippen LogP contribution in [0.2, 0.25) is 0 Å². The summed E-state index contributed by atoms with van der Waals surface area (Å²) in [5.41, 5.74) is 9.25. The highest BCUT2D eigenvalue weighted by Gasteiger charge is 2.31. The minimum Gasteiger partial charge on any atom is -0.497 e. The summed E-state index contributed by atoms with van der Waals surface area (Å²) in [6.45, 7) is 0.826. The number of hydrogen-bond acceptors (Lipinski definition) is 5. The van der Waals surface area contributed by atoms with Crippen LogP contribution in [0.3, 0.4) is 0 Å². The van der Waals surface area contributed by atoms with E-state index in [0.29, 0.717) is 35.6 Å². The van der Waals surface area contributed by atoms with Crippen molar-refractivity contribution < 1.29 is 23.5 Å². The van der Waals surface area contributed by atoms with Crippen molar-refractivity contribution in [1.82, 2.24) is 10.3 Å². The summed E-state index contributed by atoms with van der Waals surface area (Å²) in [5.74, 6) is 0.0413. The van der Waals surface area contributed by atoms with Crippen LogP contribution in [0.4, 0.5) is 14.9 Å². The Morgan fingerprint density at radius 2 is 1.97 bits per heavy atom. The van der Waals surface area contributed by atoms with Gasteiger partial charge in [0.2, 0.25) is 0 Å². The maximum atomic E-state index is 14.9. The first kappa shape index (κ1) is 23.4. The normalized spacial score (nSPS) is 15.2. The summed E-state index contributed by atoms with van der Waals surface area (Å²) in [4.78, 5) is 29.1. The van der Waals surface area contributed by atoms with E-state index in [4.69, 9.17) is 15.2 Å². The van der Waals surface area contributed by atoms with Crippen LogP contribution in [0.1, 0.15) is 16.1 Å². The van der Waals surface area contributed by atoms with Crippen LogP contribution in [0.25, 0.3) is 22.0 Å². The van der Waals surface area contributed by atoms with Crippen molar-refractivity contribution in [1.29, 1.82) is 0 Å². The van der Waals surface area contributed by atoms with Gasteiger partial charge in [0.05, 0.1) is 19.3 Å². The molecule has 9 heteroatoms. The SMILES string of the molecule is COc1ccc2[nH]c(C(=O)NCc3ccc(-c4ccc(N5C[C@H](CN)OC5=O)cc4F)cc3)cc2c1. The fraction of sp³-hybridized carbons (Fsp3) is 0.185. The van der Waals surface area contributed by atoms with Gasteiger partial charge in [0.1, 0.15) is 23.4 Å². The minimum absolute atomic E-state index is 0.215. The van der Waals surface area contributed by atoms with E-state index in [-0.39, 0.29) is 12.5 Å². The number of nitrogens with two attached hydrogens (primary N) is 1. The molecule has 1 aliphatic heterocycles. The number of ether oxygens (including phenoxy) is 2. The number of cyclic esters (lactones) is 1. The summed E-state index contributed by atoms with van der Waals surface area (Å²) in [5, 5.41) is 3.78. The van der Waals surface area contributed by atoms with E-state index >= 15 is 0 Å². The Morgan fingerprint density at radius 1 is 1.17 bits per heavy atom. The Morgan fingerprint density at radius 3 is 2.67 bits per heavy atom. The number of carbonyl (C=O) groups excluding carboxylic acids is 2. The lowest BCUT2D eigenvalue weighted by Gasteiger charge is -2.14. The molecule has 5 rings (SSSR count). The van der Waals surface area contributed by atoms with Crippen molar-refractivity contribution >= 4 is 28.6 Å². The summed E-state index contributed by atoms with van der Waals surface area (Å²) < 4.78 is 25.3. The van der Waals surface area contributed by atoms with Gasteiger partial charge in [-0.15, -0.1) is 0 Å². The smallest absolute Gasteiger partial charge is 0.414 e. The molecule has 8 nitrogen and oxygen atoms in total. The molecule has 0 aliphatic carbocycles. The molecule has 0 radical (unpaired) electrons. The highest BCUT2D eigenvalue weighted by Crippen LogP contribution is 2.29. The first-order valence-corrected chi connectivity index (χ1v) is 11.5. The fourth-order valence-corrected chi connectivity index (χ4v) is 4.20. The fourth-order valence-electron chi connectivity index (χ4n) is 4.20. The number of methoxy groups -OCH3 is 1. The van der Waals surface area contributed by atoms with E-state index in [1.165, 1.54) is 11.0 Å². The summed E-state index contributed by atoms with van der Waals surface area (Å²) in [7, 11) is 1.60. The second-order valence-electron chi connectivity index (χ2n) is 8.53. The largest absolute Gasteiger partial charge is 0.497 e. The predicted molar refractivity (Wildman–Crippen MR) is 135 cm³/mol. The summed E-state index contributed by atoms with van der Waals surface area (Å²) in [6, 6.07) is 19.2. The van der Waals surface area contributed by atoms with Gasteiger partial charge in [-0.3, -0.25) is 9.69 Å². The quantitative estimate of drug-likeness (QED) is 0.361. The molecule has 2 amide bonds. The van der Waals surface area contributed by atoms with E-state index in [9.17, 15) is 14.0 Å². The molecule has 1 atom stereocenters. The number of halogens is 1. The number of anilines is 1. The number of H-pyrrole nitrogens is 1. The molecule has 0 unspecified atom stereocenters. The van der Waals surface area contributed by atoms with Gasteiger partial charge in [-0.05, 0) is 53.6 Å². The molecular weight excluding hydrogens is 463 g/mol. The van der Waals surface area contributed by atoms with Gasteiger partial charge in [-0.1, -0.05) is 24.3 Å². The van der Waals surface area contributed by atoms with E-state index in [1.807, 2.05) is 30.3 Å². The molecule has 184 valence electrons.